The number of benzene rings is 1. The maximum Gasteiger partial charge on any atom is 0.254 e. The minimum absolute atomic E-state index is 0.0636. The van der Waals surface area contributed by atoms with Gasteiger partial charge in [-0.2, -0.15) is 0 Å². The number of rotatable bonds is 1. The Labute approximate surface area is 83.1 Å². The van der Waals surface area contributed by atoms with Crippen LogP contribution in [0.3, 0.4) is 0 Å². The molecule has 3 heteroatoms. The molecular weight excluding hydrogens is 178 g/mol. The molecule has 0 aromatic heterocycles. The molecule has 1 amide bonds. The van der Waals surface area contributed by atoms with Crippen LogP contribution in [0.4, 0.5) is 0 Å². The molecule has 0 bridgehead atoms. The maximum absolute atomic E-state index is 11.4. The van der Waals surface area contributed by atoms with Crippen molar-refractivity contribution in [3.05, 3.63) is 35.9 Å². The van der Waals surface area contributed by atoms with Crippen molar-refractivity contribution in [3.63, 3.8) is 0 Å². The molecule has 1 heterocycles. The average molecular weight is 191 g/mol. The molecule has 1 aliphatic rings. The molecule has 1 saturated heterocycles. The fraction of sp³-hybridized carbons (Fsp3) is 0.364. The Morgan fingerprint density at radius 2 is 1.93 bits per heavy atom. The van der Waals surface area contributed by atoms with Gasteiger partial charge in [0.1, 0.15) is 5.60 Å². The summed E-state index contributed by atoms with van der Waals surface area (Å²) in [6.45, 7) is 3.54. The van der Waals surface area contributed by atoms with E-state index in [-0.39, 0.29) is 12.1 Å². The highest BCUT2D eigenvalue weighted by molar-refractivity contribution is 5.86. The van der Waals surface area contributed by atoms with E-state index < -0.39 is 5.60 Å². The molecule has 0 aliphatic carbocycles. The summed E-state index contributed by atoms with van der Waals surface area (Å²) in [4.78, 5) is 11.4. The Balaban J connectivity index is 2.21. The van der Waals surface area contributed by atoms with Crippen LogP contribution in [-0.4, -0.2) is 11.5 Å². The third kappa shape index (κ3) is 1.51. The molecule has 1 aliphatic heterocycles. The first-order chi connectivity index (χ1) is 6.59. The molecule has 0 spiro atoms. The summed E-state index contributed by atoms with van der Waals surface area (Å²) in [6, 6.07) is 9.66. The van der Waals surface area contributed by atoms with Crippen LogP contribution in [0.1, 0.15) is 25.6 Å². The Morgan fingerprint density at radius 3 is 2.43 bits per heavy atom. The van der Waals surface area contributed by atoms with E-state index in [4.69, 9.17) is 4.74 Å². The minimum atomic E-state index is -0.722. The van der Waals surface area contributed by atoms with Gasteiger partial charge in [-0.1, -0.05) is 30.3 Å². The zero-order valence-electron chi connectivity index (χ0n) is 8.28. The first-order valence-electron chi connectivity index (χ1n) is 4.63. The van der Waals surface area contributed by atoms with E-state index in [1.165, 1.54) is 0 Å². The predicted molar refractivity (Wildman–Crippen MR) is 52.5 cm³/mol. The van der Waals surface area contributed by atoms with Crippen LogP contribution in [0.15, 0.2) is 30.3 Å². The van der Waals surface area contributed by atoms with Crippen LogP contribution in [0, 0.1) is 0 Å². The van der Waals surface area contributed by atoms with Gasteiger partial charge in [0.05, 0.1) is 0 Å². The van der Waals surface area contributed by atoms with Gasteiger partial charge in [-0.05, 0) is 13.8 Å². The Kier molecular flexibility index (Phi) is 2.04. The van der Waals surface area contributed by atoms with Gasteiger partial charge in [0.15, 0.2) is 6.23 Å². The monoisotopic (exact) mass is 191 g/mol. The predicted octanol–water partition coefficient (Wildman–Crippen LogP) is 1.61. The second kappa shape index (κ2) is 3.10. The van der Waals surface area contributed by atoms with E-state index in [0.29, 0.717) is 0 Å². The van der Waals surface area contributed by atoms with E-state index in [1.54, 1.807) is 13.8 Å². The van der Waals surface area contributed by atoms with Gasteiger partial charge < -0.3 is 10.1 Å². The van der Waals surface area contributed by atoms with E-state index >= 15 is 0 Å². The molecular formula is C11H13NO2. The lowest BCUT2D eigenvalue weighted by Crippen LogP contribution is -2.32. The Morgan fingerprint density at radius 1 is 1.29 bits per heavy atom. The average Bonchev–Trinajstić information content (AvgIpc) is 2.43. The number of amides is 1. The first kappa shape index (κ1) is 9.21. The molecule has 14 heavy (non-hydrogen) atoms. The van der Waals surface area contributed by atoms with Gasteiger partial charge in [0, 0.05) is 5.56 Å². The third-order valence-corrected chi connectivity index (χ3v) is 2.32. The lowest BCUT2D eigenvalue weighted by Gasteiger charge is -2.15. The Hall–Kier alpha value is -1.35. The summed E-state index contributed by atoms with van der Waals surface area (Å²) in [5.41, 5.74) is 0.256. The normalized spacial score (nSPS) is 24.7. The lowest BCUT2D eigenvalue weighted by molar-refractivity contribution is -0.130. The first-order valence-corrected chi connectivity index (χ1v) is 4.63. The summed E-state index contributed by atoms with van der Waals surface area (Å²) >= 11 is 0. The van der Waals surface area contributed by atoms with Gasteiger partial charge >= 0.3 is 0 Å². The molecule has 1 unspecified atom stereocenters. The number of hydrogen-bond acceptors (Lipinski definition) is 2. The molecule has 0 radical (unpaired) electrons. The Bertz CT molecular complexity index is 346. The van der Waals surface area contributed by atoms with Crippen molar-refractivity contribution in [2.45, 2.75) is 25.7 Å². The molecule has 3 nitrogen and oxygen atoms in total. The number of ether oxygens (including phenoxy) is 1. The number of nitrogens with one attached hydrogen (secondary N) is 1. The SMILES string of the molecule is CC1(C)OC(c2ccccc2)NC1=O. The van der Waals surface area contributed by atoms with E-state index in [2.05, 4.69) is 5.32 Å². The van der Waals surface area contributed by atoms with Crippen LogP contribution < -0.4 is 5.32 Å². The molecule has 1 aromatic rings. The highest BCUT2D eigenvalue weighted by atomic mass is 16.5. The maximum atomic E-state index is 11.4. The van der Waals surface area contributed by atoms with Crippen molar-refractivity contribution >= 4 is 5.91 Å². The lowest BCUT2D eigenvalue weighted by atomic mass is 10.1. The van der Waals surface area contributed by atoms with Crippen LogP contribution in [-0.2, 0) is 9.53 Å². The van der Waals surface area contributed by atoms with E-state index in [0.717, 1.165) is 5.56 Å². The van der Waals surface area contributed by atoms with Crippen molar-refractivity contribution in [1.82, 2.24) is 5.32 Å². The highest BCUT2D eigenvalue weighted by Crippen LogP contribution is 2.28. The number of carbonyl (C=O) groups is 1. The summed E-state index contributed by atoms with van der Waals surface area (Å²) in [5.74, 6) is -0.0636. The van der Waals surface area contributed by atoms with Crippen molar-refractivity contribution in [2.24, 2.45) is 0 Å². The highest BCUT2D eigenvalue weighted by Gasteiger charge is 2.40. The summed E-state index contributed by atoms with van der Waals surface area (Å²) < 4.78 is 5.59. The van der Waals surface area contributed by atoms with E-state index in [1.807, 2.05) is 30.3 Å². The molecule has 1 atom stereocenters. The topological polar surface area (TPSA) is 38.3 Å². The molecule has 74 valence electrons. The van der Waals surface area contributed by atoms with Crippen molar-refractivity contribution < 1.29 is 9.53 Å². The van der Waals surface area contributed by atoms with Crippen molar-refractivity contribution in [2.75, 3.05) is 0 Å². The van der Waals surface area contributed by atoms with Crippen LogP contribution >= 0.6 is 0 Å². The third-order valence-electron chi connectivity index (χ3n) is 2.32. The second-order valence-corrected chi connectivity index (χ2v) is 3.89. The fourth-order valence-electron chi connectivity index (χ4n) is 1.45. The van der Waals surface area contributed by atoms with Crippen LogP contribution in [0.25, 0.3) is 0 Å². The second-order valence-electron chi connectivity index (χ2n) is 3.89. The van der Waals surface area contributed by atoms with Gasteiger partial charge in [-0.25, -0.2) is 0 Å². The van der Waals surface area contributed by atoms with E-state index in [9.17, 15) is 4.79 Å². The fourth-order valence-corrected chi connectivity index (χ4v) is 1.45. The molecule has 1 aromatic carbocycles. The van der Waals surface area contributed by atoms with Gasteiger partial charge in [-0.3, -0.25) is 4.79 Å². The molecule has 0 saturated carbocycles. The standard InChI is InChI=1S/C11H13NO2/c1-11(2)10(13)12-9(14-11)8-6-4-3-5-7-8/h3-7,9H,1-2H3,(H,12,13). The number of hydrogen-bond donors (Lipinski definition) is 1. The minimum Gasteiger partial charge on any atom is -0.338 e. The van der Waals surface area contributed by atoms with Crippen LogP contribution in [0.2, 0.25) is 0 Å². The van der Waals surface area contributed by atoms with Crippen LogP contribution in [0.5, 0.6) is 0 Å². The van der Waals surface area contributed by atoms with Gasteiger partial charge in [-0.15, -0.1) is 0 Å². The smallest absolute Gasteiger partial charge is 0.254 e. The molecule has 1 fully saturated rings. The quantitative estimate of drug-likeness (QED) is 0.732. The molecule has 2 rings (SSSR count). The van der Waals surface area contributed by atoms with Crippen molar-refractivity contribution in [3.8, 4) is 0 Å². The van der Waals surface area contributed by atoms with Gasteiger partial charge in [0.25, 0.3) is 5.91 Å². The van der Waals surface area contributed by atoms with Crippen molar-refractivity contribution in [1.29, 1.82) is 0 Å². The summed E-state index contributed by atoms with van der Waals surface area (Å²) in [5, 5.41) is 2.80. The zero-order chi connectivity index (χ0) is 10.2. The summed E-state index contributed by atoms with van der Waals surface area (Å²) in [6.07, 6.45) is -0.307. The largest absolute Gasteiger partial charge is 0.338 e. The zero-order valence-corrected chi connectivity index (χ0v) is 8.28. The summed E-state index contributed by atoms with van der Waals surface area (Å²) in [7, 11) is 0. The number of carbonyl (C=O) groups excluding carboxylic acids is 1. The molecule has 1 N–H and O–H groups in total. The van der Waals surface area contributed by atoms with Gasteiger partial charge in [0.2, 0.25) is 0 Å².